The lowest BCUT2D eigenvalue weighted by atomic mass is 10.0. The number of nitro groups is 1. The highest BCUT2D eigenvalue weighted by atomic mass is 19.1. The minimum Gasteiger partial charge on any atom is -0.362 e. The smallest absolute Gasteiger partial charge is 0.328 e. The molecule has 0 bridgehead atoms. The first-order valence-corrected chi connectivity index (χ1v) is 6.59. The minimum atomic E-state index is -1.13. The molecule has 1 heterocycles. The van der Waals surface area contributed by atoms with Gasteiger partial charge in [0.2, 0.25) is 5.82 Å². The molecule has 110 valence electrons. The van der Waals surface area contributed by atoms with Gasteiger partial charge in [0.25, 0.3) is 0 Å². The predicted octanol–water partition coefficient (Wildman–Crippen LogP) is 2.45. The summed E-state index contributed by atoms with van der Waals surface area (Å²) in [4.78, 5) is 12.0. The van der Waals surface area contributed by atoms with Crippen LogP contribution in [0.15, 0.2) is 12.1 Å². The second-order valence-corrected chi connectivity index (χ2v) is 4.91. The van der Waals surface area contributed by atoms with Gasteiger partial charge in [0.05, 0.1) is 4.92 Å². The van der Waals surface area contributed by atoms with Crippen LogP contribution in [0.4, 0.5) is 20.2 Å². The lowest BCUT2D eigenvalue weighted by Gasteiger charge is -2.37. The number of hydrogen-bond acceptors (Lipinski definition) is 4. The molecule has 0 aromatic heterocycles. The number of nitrogens with zero attached hydrogens (tertiary/aromatic N) is 2. The van der Waals surface area contributed by atoms with Gasteiger partial charge in [-0.1, -0.05) is 0 Å². The van der Waals surface area contributed by atoms with E-state index in [0.29, 0.717) is 19.2 Å². The van der Waals surface area contributed by atoms with Gasteiger partial charge in [-0.15, -0.1) is 0 Å². The highest BCUT2D eigenvalue weighted by molar-refractivity contribution is 5.65. The van der Waals surface area contributed by atoms with Crippen LogP contribution in [0.5, 0.6) is 0 Å². The Balaban J connectivity index is 2.46. The Morgan fingerprint density at radius 1 is 1.45 bits per heavy atom. The Bertz CT molecular complexity index is 509. The Labute approximate surface area is 115 Å². The maximum Gasteiger partial charge on any atom is 0.328 e. The lowest BCUT2D eigenvalue weighted by Crippen LogP contribution is -2.45. The van der Waals surface area contributed by atoms with E-state index in [4.69, 9.17) is 0 Å². The summed E-state index contributed by atoms with van der Waals surface area (Å²) in [5.74, 6) is -1.92. The average molecular weight is 285 g/mol. The molecular weight excluding hydrogens is 268 g/mol. The van der Waals surface area contributed by atoms with E-state index in [1.165, 1.54) is 0 Å². The van der Waals surface area contributed by atoms with Crippen molar-refractivity contribution in [2.45, 2.75) is 25.3 Å². The molecule has 1 saturated heterocycles. The standard InChI is InChI=1S/C13H17F2N3O2/c1-16-8-10-4-2-3-5-17(10)12-7-9(14)6-11(15)13(12)18(19)20/h6-7,10,16H,2-5,8H2,1H3. The molecule has 0 aliphatic carbocycles. The first kappa shape index (κ1) is 14.6. The second kappa shape index (κ2) is 6.13. The van der Waals surface area contributed by atoms with E-state index in [1.54, 1.807) is 11.9 Å². The fraction of sp³-hybridized carbons (Fsp3) is 0.538. The molecule has 1 aliphatic rings. The van der Waals surface area contributed by atoms with Crippen molar-refractivity contribution in [3.63, 3.8) is 0 Å². The molecule has 0 amide bonds. The third-order valence-corrected chi connectivity index (χ3v) is 3.57. The van der Waals surface area contributed by atoms with Crippen LogP contribution < -0.4 is 10.2 Å². The number of likely N-dealkylation sites (N-methyl/N-ethyl adjacent to an activating group) is 1. The third-order valence-electron chi connectivity index (χ3n) is 3.57. The number of nitro benzene ring substituents is 1. The van der Waals surface area contributed by atoms with Crippen molar-refractivity contribution in [2.75, 3.05) is 25.0 Å². The number of piperidine rings is 1. The molecular formula is C13H17F2N3O2. The molecule has 0 radical (unpaired) electrons. The molecule has 1 aromatic rings. The van der Waals surface area contributed by atoms with E-state index in [-0.39, 0.29) is 11.7 Å². The molecule has 2 rings (SSSR count). The number of anilines is 1. The van der Waals surface area contributed by atoms with E-state index >= 15 is 0 Å². The molecule has 0 spiro atoms. The lowest BCUT2D eigenvalue weighted by molar-refractivity contribution is -0.386. The Kier molecular flexibility index (Phi) is 4.49. The quantitative estimate of drug-likeness (QED) is 0.682. The molecule has 1 aromatic carbocycles. The Morgan fingerprint density at radius 3 is 2.85 bits per heavy atom. The molecule has 7 heteroatoms. The zero-order chi connectivity index (χ0) is 14.7. The largest absolute Gasteiger partial charge is 0.362 e. The topological polar surface area (TPSA) is 58.4 Å². The summed E-state index contributed by atoms with van der Waals surface area (Å²) in [6, 6.07) is 1.61. The SMILES string of the molecule is CNCC1CCCCN1c1cc(F)cc(F)c1[N+](=O)[O-]. The van der Waals surface area contributed by atoms with Crippen molar-refractivity contribution in [1.29, 1.82) is 0 Å². The predicted molar refractivity (Wildman–Crippen MR) is 71.9 cm³/mol. The average Bonchev–Trinajstić information content (AvgIpc) is 2.38. The van der Waals surface area contributed by atoms with E-state index in [1.807, 2.05) is 0 Å². The Morgan fingerprint density at radius 2 is 2.20 bits per heavy atom. The van der Waals surface area contributed by atoms with Crippen molar-refractivity contribution < 1.29 is 13.7 Å². The van der Waals surface area contributed by atoms with Crippen molar-refractivity contribution in [3.8, 4) is 0 Å². The second-order valence-electron chi connectivity index (χ2n) is 4.91. The van der Waals surface area contributed by atoms with Gasteiger partial charge in [-0.05, 0) is 26.3 Å². The maximum atomic E-state index is 13.7. The fourth-order valence-corrected chi connectivity index (χ4v) is 2.72. The normalized spacial score (nSPS) is 19.1. The summed E-state index contributed by atoms with van der Waals surface area (Å²) in [5.41, 5.74) is -0.609. The number of benzene rings is 1. The first-order valence-electron chi connectivity index (χ1n) is 6.59. The highest BCUT2D eigenvalue weighted by Crippen LogP contribution is 2.35. The van der Waals surface area contributed by atoms with Gasteiger partial charge in [-0.25, -0.2) is 4.39 Å². The number of halogens is 2. The summed E-state index contributed by atoms with van der Waals surface area (Å²) < 4.78 is 27.1. The van der Waals surface area contributed by atoms with Gasteiger partial charge in [-0.2, -0.15) is 4.39 Å². The molecule has 1 fully saturated rings. The first-order chi connectivity index (χ1) is 9.54. The van der Waals surface area contributed by atoms with Crippen molar-refractivity contribution in [1.82, 2.24) is 5.32 Å². The summed E-state index contributed by atoms with van der Waals surface area (Å²) in [6.07, 6.45) is 2.71. The van der Waals surface area contributed by atoms with Gasteiger partial charge in [0.15, 0.2) is 0 Å². The van der Waals surface area contributed by atoms with Crippen molar-refractivity contribution >= 4 is 11.4 Å². The molecule has 20 heavy (non-hydrogen) atoms. The Hall–Kier alpha value is -1.76. The maximum absolute atomic E-state index is 13.7. The van der Waals surface area contributed by atoms with Gasteiger partial charge in [-0.3, -0.25) is 10.1 Å². The van der Waals surface area contributed by atoms with E-state index in [0.717, 1.165) is 25.3 Å². The number of nitrogens with one attached hydrogen (secondary N) is 1. The van der Waals surface area contributed by atoms with Gasteiger partial charge in [0.1, 0.15) is 11.5 Å². The van der Waals surface area contributed by atoms with Gasteiger partial charge in [0, 0.05) is 31.3 Å². The summed E-state index contributed by atoms with van der Waals surface area (Å²) >= 11 is 0. The van der Waals surface area contributed by atoms with Crippen LogP contribution in [0.25, 0.3) is 0 Å². The summed E-state index contributed by atoms with van der Waals surface area (Å²) in [5, 5.41) is 14.1. The monoisotopic (exact) mass is 285 g/mol. The van der Waals surface area contributed by atoms with Crippen LogP contribution in [0, 0.1) is 21.7 Å². The van der Waals surface area contributed by atoms with Crippen LogP contribution in [0.1, 0.15) is 19.3 Å². The molecule has 1 atom stereocenters. The van der Waals surface area contributed by atoms with E-state index in [9.17, 15) is 18.9 Å². The summed E-state index contributed by atoms with van der Waals surface area (Å²) in [6.45, 7) is 1.19. The van der Waals surface area contributed by atoms with Gasteiger partial charge >= 0.3 is 5.69 Å². The van der Waals surface area contributed by atoms with Crippen LogP contribution in [0.3, 0.4) is 0 Å². The van der Waals surface area contributed by atoms with E-state index in [2.05, 4.69) is 5.32 Å². The van der Waals surface area contributed by atoms with Crippen LogP contribution in [-0.4, -0.2) is 31.1 Å². The van der Waals surface area contributed by atoms with E-state index < -0.39 is 22.2 Å². The third kappa shape index (κ3) is 2.87. The molecule has 0 saturated carbocycles. The van der Waals surface area contributed by atoms with Crippen LogP contribution in [0.2, 0.25) is 0 Å². The fourth-order valence-electron chi connectivity index (χ4n) is 2.72. The molecule has 1 aliphatic heterocycles. The summed E-state index contributed by atoms with van der Waals surface area (Å²) in [7, 11) is 1.79. The minimum absolute atomic E-state index is 0.00801. The molecule has 1 unspecified atom stereocenters. The van der Waals surface area contributed by atoms with Gasteiger partial charge < -0.3 is 10.2 Å². The molecule has 1 N–H and O–H groups in total. The highest BCUT2D eigenvalue weighted by Gasteiger charge is 2.31. The molecule has 5 nitrogen and oxygen atoms in total. The zero-order valence-corrected chi connectivity index (χ0v) is 11.2. The number of hydrogen-bond donors (Lipinski definition) is 1. The van der Waals surface area contributed by atoms with Crippen LogP contribution >= 0.6 is 0 Å². The number of rotatable bonds is 4. The zero-order valence-electron chi connectivity index (χ0n) is 11.2. The van der Waals surface area contributed by atoms with Crippen molar-refractivity contribution in [2.24, 2.45) is 0 Å². The van der Waals surface area contributed by atoms with Crippen molar-refractivity contribution in [3.05, 3.63) is 33.9 Å². The van der Waals surface area contributed by atoms with Crippen LogP contribution in [-0.2, 0) is 0 Å².